The number of amides is 1. The number of nitrogens with one attached hydrogen (secondary N) is 1. The molecule has 2 N–H and O–H groups in total. The summed E-state index contributed by atoms with van der Waals surface area (Å²) < 4.78 is 5.19. The van der Waals surface area contributed by atoms with Gasteiger partial charge in [0.2, 0.25) is 5.91 Å². The molecule has 2 atom stereocenters. The van der Waals surface area contributed by atoms with E-state index in [4.69, 9.17) is 4.74 Å². The van der Waals surface area contributed by atoms with E-state index in [0.29, 0.717) is 19.5 Å². The van der Waals surface area contributed by atoms with Gasteiger partial charge in [-0.3, -0.25) is 4.79 Å². The summed E-state index contributed by atoms with van der Waals surface area (Å²) >= 11 is 0. The van der Waals surface area contributed by atoms with Crippen LogP contribution in [0.3, 0.4) is 0 Å². The smallest absolute Gasteiger partial charge is 0.329 e. The minimum atomic E-state index is -1.20. The van der Waals surface area contributed by atoms with E-state index in [1.807, 2.05) is 0 Å². The molecular weight excluding hydrogens is 236 g/mol. The van der Waals surface area contributed by atoms with Crippen molar-refractivity contribution in [3.05, 3.63) is 0 Å². The van der Waals surface area contributed by atoms with Gasteiger partial charge in [-0.05, 0) is 27.2 Å². The zero-order chi connectivity index (χ0) is 13.9. The fourth-order valence-corrected chi connectivity index (χ4v) is 2.20. The number of carboxylic acid groups (broad SMARTS) is 1. The molecule has 2 unspecified atom stereocenters. The highest BCUT2D eigenvalue weighted by molar-refractivity contribution is 5.89. The molecule has 1 aliphatic rings. The van der Waals surface area contributed by atoms with Crippen LogP contribution in [-0.2, 0) is 14.3 Å². The lowest BCUT2D eigenvalue weighted by Crippen LogP contribution is -2.57. The fourth-order valence-electron chi connectivity index (χ4n) is 2.20. The van der Waals surface area contributed by atoms with E-state index in [-0.39, 0.29) is 18.1 Å². The molecule has 6 nitrogen and oxygen atoms in total. The minimum absolute atomic E-state index is 0.0191. The van der Waals surface area contributed by atoms with E-state index in [2.05, 4.69) is 5.32 Å². The average molecular weight is 258 g/mol. The van der Waals surface area contributed by atoms with E-state index < -0.39 is 11.5 Å². The molecule has 0 aromatic rings. The minimum Gasteiger partial charge on any atom is -0.480 e. The van der Waals surface area contributed by atoms with Crippen molar-refractivity contribution in [1.82, 2.24) is 10.2 Å². The maximum Gasteiger partial charge on any atom is 0.329 e. The number of rotatable bonds is 5. The van der Waals surface area contributed by atoms with Crippen molar-refractivity contribution in [3.63, 3.8) is 0 Å². The van der Waals surface area contributed by atoms with Crippen LogP contribution in [0.4, 0.5) is 0 Å². The molecule has 1 amide bonds. The lowest BCUT2D eigenvalue weighted by molar-refractivity contribution is -0.157. The van der Waals surface area contributed by atoms with Crippen LogP contribution in [0.1, 0.15) is 27.2 Å². The van der Waals surface area contributed by atoms with E-state index in [1.54, 1.807) is 27.9 Å². The second kappa shape index (κ2) is 5.67. The molecule has 1 rings (SSSR count). The molecule has 1 fully saturated rings. The lowest BCUT2D eigenvalue weighted by atomic mass is 10.0. The van der Waals surface area contributed by atoms with Crippen molar-refractivity contribution >= 4 is 11.9 Å². The SMILES string of the molecule is CCN(C(=O)C1CC(OC)CN1)C(C)(C)C(=O)O. The summed E-state index contributed by atoms with van der Waals surface area (Å²) in [5.41, 5.74) is -1.20. The molecule has 0 aliphatic carbocycles. The number of carboxylic acids is 1. The topological polar surface area (TPSA) is 78.9 Å². The molecule has 0 spiro atoms. The van der Waals surface area contributed by atoms with Crippen LogP contribution in [0.2, 0.25) is 0 Å². The highest BCUT2D eigenvalue weighted by atomic mass is 16.5. The van der Waals surface area contributed by atoms with Crippen molar-refractivity contribution in [2.45, 2.75) is 44.9 Å². The van der Waals surface area contributed by atoms with Gasteiger partial charge < -0.3 is 20.1 Å². The Bertz CT molecular complexity index is 330. The van der Waals surface area contributed by atoms with E-state index in [0.717, 1.165) is 0 Å². The third-order valence-electron chi connectivity index (χ3n) is 3.50. The van der Waals surface area contributed by atoms with Gasteiger partial charge in [-0.1, -0.05) is 0 Å². The molecule has 6 heteroatoms. The van der Waals surface area contributed by atoms with E-state index in [9.17, 15) is 14.7 Å². The third-order valence-corrected chi connectivity index (χ3v) is 3.50. The number of carbonyl (C=O) groups excluding carboxylic acids is 1. The molecule has 0 aromatic heterocycles. The average Bonchev–Trinajstić information content (AvgIpc) is 2.77. The Labute approximate surface area is 107 Å². The Morgan fingerprint density at radius 3 is 2.50 bits per heavy atom. The first kappa shape index (κ1) is 14.9. The second-order valence-electron chi connectivity index (χ2n) is 5.00. The summed E-state index contributed by atoms with van der Waals surface area (Å²) in [4.78, 5) is 24.9. The lowest BCUT2D eigenvalue weighted by Gasteiger charge is -2.35. The predicted molar refractivity (Wildman–Crippen MR) is 66.3 cm³/mol. The van der Waals surface area contributed by atoms with Gasteiger partial charge in [0.1, 0.15) is 5.54 Å². The van der Waals surface area contributed by atoms with Crippen LogP contribution in [0.5, 0.6) is 0 Å². The first-order valence-corrected chi connectivity index (χ1v) is 6.15. The molecule has 0 saturated carbocycles. The van der Waals surface area contributed by atoms with Gasteiger partial charge >= 0.3 is 5.97 Å². The summed E-state index contributed by atoms with van der Waals surface area (Å²) in [5, 5.41) is 12.3. The first-order valence-electron chi connectivity index (χ1n) is 6.15. The predicted octanol–water partition coefficient (Wildman–Crippen LogP) is 0.0750. The maximum atomic E-state index is 12.3. The van der Waals surface area contributed by atoms with Crippen molar-refractivity contribution in [3.8, 4) is 0 Å². The van der Waals surface area contributed by atoms with Crippen molar-refractivity contribution in [1.29, 1.82) is 0 Å². The monoisotopic (exact) mass is 258 g/mol. The van der Waals surface area contributed by atoms with Crippen LogP contribution in [-0.4, -0.2) is 59.8 Å². The van der Waals surface area contributed by atoms with Crippen molar-refractivity contribution in [2.24, 2.45) is 0 Å². The molecule has 104 valence electrons. The number of aliphatic carboxylic acids is 1. The Morgan fingerprint density at radius 2 is 2.11 bits per heavy atom. The number of likely N-dealkylation sites (N-methyl/N-ethyl adjacent to an activating group) is 1. The van der Waals surface area contributed by atoms with E-state index >= 15 is 0 Å². The van der Waals surface area contributed by atoms with Crippen LogP contribution in [0.15, 0.2) is 0 Å². The number of nitrogens with zero attached hydrogens (tertiary/aromatic N) is 1. The van der Waals surface area contributed by atoms with Crippen molar-refractivity contribution < 1.29 is 19.4 Å². The van der Waals surface area contributed by atoms with Gasteiger partial charge in [0.25, 0.3) is 0 Å². The maximum absolute atomic E-state index is 12.3. The summed E-state index contributed by atoms with van der Waals surface area (Å²) in [7, 11) is 1.61. The number of hydrogen-bond donors (Lipinski definition) is 2. The van der Waals surface area contributed by atoms with Crippen LogP contribution in [0.25, 0.3) is 0 Å². The molecule has 0 aromatic carbocycles. The summed E-state index contributed by atoms with van der Waals surface area (Å²) in [6, 6.07) is -0.353. The molecule has 0 radical (unpaired) electrons. The number of methoxy groups -OCH3 is 1. The van der Waals surface area contributed by atoms with Crippen LogP contribution >= 0.6 is 0 Å². The molecule has 0 bridgehead atoms. The van der Waals surface area contributed by atoms with Gasteiger partial charge in [0.05, 0.1) is 12.1 Å². The van der Waals surface area contributed by atoms with Gasteiger partial charge in [0, 0.05) is 20.2 Å². The zero-order valence-electron chi connectivity index (χ0n) is 11.4. The Kier molecular flexibility index (Phi) is 4.70. The summed E-state index contributed by atoms with van der Waals surface area (Å²) in [6.45, 7) is 5.86. The summed E-state index contributed by atoms with van der Waals surface area (Å²) in [5.74, 6) is -1.18. The van der Waals surface area contributed by atoms with Crippen LogP contribution in [0, 0.1) is 0 Å². The van der Waals surface area contributed by atoms with E-state index in [1.165, 1.54) is 4.90 Å². The molecule has 1 heterocycles. The Morgan fingerprint density at radius 1 is 1.50 bits per heavy atom. The highest BCUT2D eigenvalue weighted by Gasteiger charge is 2.41. The van der Waals surface area contributed by atoms with Gasteiger partial charge in [-0.25, -0.2) is 4.79 Å². The largest absolute Gasteiger partial charge is 0.480 e. The second-order valence-corrected chi connectivity index (χ2v) is 5.00. The Hall–Kier alpha value is -1.14. The quantitative estimate of drug-likeness (QED) is 0.730. The normalized spacial score (nSPS) is 24.0. The molecule has 18 heavy (non-hydrogen) atoms. The first-order chi connectivity index (χ1) is 8.34. The van der Waals surface area contributed by atoms with Gasteiger partial charge in [-0.2, -0.15) is 0 Å². The Balaban J connectivity index is 2.78. The standard InChI is InChI=1S/C12H22N2O4/c1-5-14(12(2,3)11(16)17)10(15)9-6-8(18-4)7-13-9/h8-9,13H,5-7H2,1-4H3,(H,16,17). The number of hydrogen-bond acceptors (Lipinski definition) is 4. The number of carbonyl (C=O) groups is 2. The number of ether oxygens (including phenoxy) is 1. The molecule has 1 saturated heterocycles. The third kappa shape index (κ3) is 2.81. The molecule has 1 aliphatic heterocycles. The highest BCUT2D eigenvalue weighted by Crippen LogP contribution is 2.19. The van der Waals surface area contributed by atoms with Gasteiger partial charge in [-0.15, -0.1) is 0 Å². The van der Waals surface area contributed by atoms with Crippen molar-refractivity contribution in [2.75, 3.05) is 20.2 Å². The van der Waals surface area contributed by atoms with Gasteiger partial charge in [0.15, 0.2) is 0 Å². The summed E-state index contributed by atoms with van der Waals surface area (Å²) in [6.07, 6.45) is 0.604. The zero-order valence-corrected chi connectivity index (χ0v) is 11.4. The van der Waals surface area contributed by atoms with Crippen LogP contribution < -0.4 is 5.32 Å². The molecular formula is C12H22N2O4. The fraction of sp³-hybridized carbons (Fsp3) is 0.833.